The van der Waals surface area contributed by atoms with E-state index in [4.69, 9.17) is 0 Å². The van der Waals surface area contributed by atoms with Gasteiger partial charge in [-0.2, -0.15) is 0 Å². The molecule has 1 unspecified atom stereocenters. The second-order valence-electron chi connectivity index (χ2n) is 4.37. The third kappa shape index (κ3) is 2.69. The Labute approximate surface area is 118 Å². The Kier molecular flexibility index (Phi) is 4.15. The van der Waals surface area contributed by atoms with Crippen LogP contribution in [0.2, 0.25) is 0 Å². The molecule has 2 amide bonds. The van der Waals surface area contributed by atoms with Crippen molar-refractivity contribution in [2.75, 3.05) is 5.32 Å². The highest BCUT2D eigenvalue weighted by molar-refractivity contribution is 6.08. The van der Waals surface area contributed by atoms with Gasteiger partial charge in [0.05, 0.1) is 12.1 Å². The number of para-hydroxylation sites is 1. The first-order valence-electron chi connectivity index (χ1n) is 6.31. The SMILES string of the molecule is C=C/C=C(\C=C)N1C(=O)CC(Nc2ccccc2)C1=O. The van der Waals surface area contributed by atoms with Crippen molar-refractivity contribution in [1.82, 2.24) is 4.90 Å². The maximum atomic E-state index is 12.3. The lowest BCUT2D eigenvalue weighted by Gasteiger charge is -2.16. The van der Waals surface area contributed by atoms with Gasteiger partial charge in [0.25, 0.3) is 5.91 Å². The molecule has 1 heterocycles. The van der Waals surface area contributed by atoms with E-state index in [1.807, 2.05) is 30.3 Å². The highest BCUT2D eigenvalue weighted by Gasteiger charge is 2.39. The fraction of sp³-hybridized carbons (Fsp3) is 0.125. The normalized spacial score (nSPS) is 19.1. The average Bonchev–Trinajstić information content (AvgIpc) is 2.72. The van der Waals surface area contributed by atoms with Gasteiger partial charge in [-0.05, 0) is 24.3 Å². The molecule has 1 aliphatic heterocycles. The van der Waals surface area contributed by atoms with E-state index in [2.05, 4.69) is 18.5 Å². The summed E-state index contributed by atoms with van der Waals surface area (Å²) in [5, 5.41) is 3.07. The van der Waals surface area contributed by atoms with Crippen LogP contribution >= 0.6 is 0 Å². The molecule has 2 rings (SSSR count). The van der Waals surface area contributed by atoms with Crippen molar-refractivity contribution in [2.24, 2.45) is 0 Å². The van der Waals surface area contributed by atoms with E-state index < -0.39 is 6.04 Å². The van der Waals surface area contributed by atoms with Crippen molar-refractivity contribution in [1.29, 1.82) is 0 Å². The average molecular weight is 268 g/mol. The number of hydrogen-bond donors (Lipinski definition) is 1. The van der Waals surface area contributed by atoms with Gasteiger partial charge in [0, 0.05) is 5.69 Å². The number of nitrogens with one attached hydrogen (secondary N) is 1. The summed E-state index contributed by atoms with van der Waals surface area (Å²) in [6, 6.07) is 8.80. The zero-order valence-corrected chi connectivity index (χ0v) is 11.1. The molecule has 1 atom stereocenters. The number of amides is 2. The van der Waals surface area contributed by atoms with E-state index in [0.29, 0.717) is 5.70 Å². The Morgan fingerprint density at radius 2 is 1.95 bits per heavy atom. The molecule has 0 aliphatic carbocycles. The lowest BCUT2D eigenvalue weighted by atomic mass is 10.2. The second kappa shape index (κ2) is 6.02. The van der Waals surface area contributed by atoms with E-state index in [-0.39, 0.29) is 18.2 Å². The molecule has 1 fully saturated rings. The Morgan fingerprint density at radius 1 is 1.25 bits per heavy atom. The van der Waals surface area contributed by atoms with Crippen LogP contribution in [0.3, 0.4) is 0 Å². The number of likely N-dealkylation sites (tertiary alicyclic amines) is 1. The zero-order chi connectivity index (χ0) is 14.5. The quantitative estimate of drug-likeness (QED) is 0.659. The van der Waals surface area contributed by atoms with Crippen molar-refractivity contribution < 1.29 is 9.59 Å². The molecule has 1 aliphatic rings. The molecule has 0 spiro atoms. The number of carbonyl (C=O) groups excluding carboxylic acids is 2. The monoisotopic (exact) mass is 268 g/mol. The predicted molar refractivity (Wildman–Crippen MR) is 78.8 cm³/mol. The molecule has 1 aromatic rings. The topological polar surface area (TPSA) is 49.4 Å². The standard InChI is InChI=1S/C16H16N2O2/c1-3-8-13(4-2)18-15(19)11-14(16(18)20)17-12-9-6-5-7-10-12/h3-10,14,17H,1-2,11H2/b13-8+. The van der Waals surface area contributed by atoms with Gasteiger partial charge in [-0.25, -0.2) is 4.90 Å². The third-order valence-electron chi connectivity index (χ3n) is 3.02. The van der Waals surface area contributed by atoms with E-state index in [1.165, 1.54) is 12.2 Å². The molecule has 0 bridgehead atoms. The minimum Gasteiger partial charge on any atom is -0.373 e. The largest absolute Gasteiger partial charge is 0.373 e. The first-order chi connectivity index (χ1) is 9.67. The number of nitrogens with zero attached hydrogens (tertiary/aromatic N) is 1. The van der Waals surface area contributed by atoms with Gasteiger partial charge in [0.15, 0.2) is 0 Å². The number of hydrogen-bond acceptors (Lipinski definition) is 3. The molecule has 1 saturated heterocycles. The summed E-state index contributed by atoms with van der Waals surface area (Å²) < 4.78 is 0. The van der Waals surface area contributed by atoms with Crippen molar-refractivity contribution in [3.05, 3.63) is 67.4 Å². The van der Waals surface area contributed by atoms with Gasteiger partial charge >= 0.3 is 0 Å². The molecule has 20 heavy (non-hydrogen) atoms. The van der Waals surface area contributed by atoms with Gasteiger partial charge in [0.2, 0.25) is 5.91 Å². The summed E-state index contributed by atoms with van der Waals surface area (Å²) in [6.07, 6.45) is 4.72. The van der Waals surface area contributed by atoms with Crippen LogP contribution in [0.15, 0.2) is 67.4 Å². The van der Waals surface area contributed by atoms with Crippen molar-refractivity contribution in [2.45, 2.75) is 12.5 Å². The predicted octanol–water partition coefficient (Wildman–Crippen LogP) is 2.48. The highest BCUT2D eigenvalue weighted by Crippen LogP contribution is 2.22. The number of anilines is 1. The molecule has 102 valence electrons. The molecule has 0 aromatic heterocycles. The number of imide groups is 1. The number of allylic oxidation sites excluding steroid dienone is 3. The number of carbonyl (C=O) groups is 2. The Morgan fingerprint density at radius 3 is 2.55 bits per heavy atom. The molecule has 4 heteroatoms. The zero-order valence-electron chi connectivity index (χ0n) is 11.1. The highest BCUT2D eigenvalue weighted by atomic mass is 16.2. The molecule has 0 saturated carbocycles. The van der Waals surface area contributed by atoms with E-state index in [0.717, 1.165) is 10.6 Å². The smallest absolute Gasteiger partial charge is 0.256 e. The van der Waals surface area contributed by atoms with Crippen LogP contribution in [-0.4, -0.2) is 22.8 Å². The van der Waals surface area contributed by atoms with Gasteiger partial charge in [-0.3, -0.25) is 9.59 Å². The van der Waals surface area contributed by atoms with Crippen LogP contribution < -0.4 is 5.32 Å². The molecule has 0 radical (unpaired) electrons. The van der Waals surface area contributed by atoms with Gasteiger partial charge in [-0.15, -0.1) is 0 Å². The minimum atomic E-state index is -0.543. The van der Waals surface area contributed by atoms with Gasteiger partial charge < -0.3 is 5.32 Å². The van der Waals surface area contributed by atoms with Crippen LogP contribution in [-0.2, 0) is 9.59 Å². The first kappa shape index (κ1) is 13.8. The Bertz CT molecular complexity index is 575. The maximum Gasteiger partial charge on any atom is 0.256 e. The molecular weight excluding hydrogens is 252 g/mol. The maximum absolute atomic E-state index is 12.3. The Balaban J connectivity index is 2.18. The summed E-state index contributed by atoms with van der Waals surface area (Å²) in [4.78, 5) is 25.5. The van der Waals surface area contributed by atoms with Gasteiger partial charge in [0.1, 0.15) is 6.04 Å². The fourth-order valence-corrected chi connectivity index (χ4v) is 2.11. The second-order valence-corrected chi connectivity index (χ2v) is 4.37. The van der Waals surface area contributed by atoms with Crippen molar-refractivity contribution >= 4 is 17.5 Å². The van der Waals surface area contributed by atoms with Crippen LogP contribution in [0.25, 0.3) is 0 Å². The molecule has 4 nitrogen and oxygen atoms in total. The third-order valence-corrected chi connectivity index (χ3v) is 3.02. The van der Waals surface area contributed by atoms with Crippen LogP contribution in [0.1, 0.15) is 6.42 Å². The van der Waals surface area contributed by atoms with Crippen molar-refractivity contribution in [3.8, 4) is 0 Å². The Hall–Kier alpha value is -2.62. The van der Waals surface area contributed by atoms with Crippen LogP contribution in [0.4, 0.5) is 5.69 Å². The van der Waals surface area contributed by atoms with E-state index in [1.54, 1.807) is 6.08 Å². The fourth-order valence-electron chi connectivity index (χ4n) is 2.11. The molecular formula is C16H16N2O2. The lowest BCUT2D eigenvalue weighted by Crippen LogP contribution is -2.33. The minimum absolute atomic E-state index is 0.135. The van der Waals surface area contributed by atoms with Gasteiger partial charge in [-0.1, -0.05) is 37.4 Å². The summed E-state index contributed by atoms with van der Waals surface area (Å²) in [7, 11) is 0. The number of rotatable bonds is 5. The van der Waals surface area contributed by atoms with E-state index >= 15 is 0 Å². The molecule has 1 N–H and O–H groups in total. The lowest BCUT2D eigenvalue weighted by molar-refractivity contribution is -0.135. The summed E-state index contributed by atoms with van der Waals surface area (Å²) >= 11 is 0. The summed E-state index contributed by atoms with van der Waals surface area (Å²) in [5.74, 6) is -0.511. The van der Waals surface area contributed by atoms with Crippen LogP contribution in [0, 0.1) is 0 Å². The van der Waals surface area contributed by atoms with E-state index in [9.17, 15) is 9.59 Å². The summed E-state index contributed by atoms with van der Waals surface area (Å²) in [6.45, 7) is 7.19. The van der Waals surface area contributed by atoms with Crippen LogP contribution in [0.5, 0.6) is 0 Å². The number of benzene rings is 1. The summed E-state index contributed by atoms with van der Waals surface area (Å²) in [5.41, 5.74) is 1.26. The first-order valence-corrected chi connectivity index (χ1v) is 6.31. The molecule has 1 aromatic carbocycles. The van der Waals surface area contributed by atoms with Crippen molar-refractivity contribution in [3.63, 3.8) is 0 Å².